The normalized spacial score (nSPS) is 17.5. The zero-order valence-corrected chi connectivity index (χ0v) is 21.6. The van der Waals surface area contributed by atoms with Crippen LogP contribution in [0.1, 0.15) is 36.7 Å². The molecule has 0 aliphatic carbocycles. The molecule has 0 aromatic heterocycles. The molecule has 1 aliphatic heterocycles. The van der Waals surface area contributed by atoms with Gasteiger partial charge in [0.25, 0.3) is 5.91 Å². The zero-order chi connectivity index (χ0) is 25.9. The molecule has 0 radical (unpaired) electrons. The van der Waals surface area contributed by atoms with Crippen LogP contribution in [0.3, 0.4) is 0 Å². The molecule has 2 aromatic carbocycles. The summed E-state index contributed by atoms with van der Waals surface area (Å²) >= 11 is 13.6. The van der Waals surface area contributed by atoms with Gasteiger partial charge in [-0.2, -0.15) is 0 Å². The SMILES string of the molecule is CC(=O)N1CSC(C)(C)[C@@H]1C(=O)N[C@@H](Cc1ccc(NC(=O)c2c(Cl)cccc2Cl)cc1)C(=O)O. The summed E-state index contributed by atoms with van der Waals surface area (Å²) in [5.41, 5.74) is 1.25. The van der Waals surface area contributed by atoms with Crippen molar-refractivity contribution in [3.05, 3.63) is 63.6 Å². The number of carboxylic acids is 1. The van der Waals surface area contributed by atoms with Crippen molar-refractivity contribution in [1.82, 2.24) is 10.2 Å². The Kier molecular flexibility index (Phi) is 8.35. The molecule has 186 valence electrons. The van der Waals surface area contributed by atoms with Crippen LogP contribution in [-0.2, 0) is 20.8 Å². The maximum atomic E-state index is 13.0. The van der Waals surface area contributed by atoms with Crippen molar-refractivity contribution in [3.63, 3.8) is 0 Å². The van der Waals surface area contributed by atoms with Gasteiger partial charge in [-0.3, -0.25) is 14.4 Å². The van der Waals surface area contributed by atoms with E-state index in [-0.39, 0.29) is 27.9 Å². The summed E-state index contributed by atoms with van der Waals surface area (Å²) in [7, 11) is 0. The highest BCUT2D eigenvalue weighted by atomic mass is 35.5. The van der Waals surface area contributed by atoms with Gasteiger partial charge >= 0.3 is 5.97 Å². The van der Waals surface area contributed by atoms with Gasteiger partial charge in [0.2, 0.25) is 11.8 Å². The molecule has 3 rings (SSSR count). The number of hydrogen-bond donors (Lipinski definition) is 3. The lowest BCUT2D eigenvalue weighted by atomic mass is 9.99. The Labute approximate surface area is 217 Å². The number of nitrogens with zero attached hydrogens (tertiary/aromatic N) is 1. The molecular weight excluding hydrogens is 513 g/mol. The quantitative estimate of drug-likeness (QED) is 0.490. The van der Waals surface area contributed by atoms with Crippen LogP contribution < -0.4 is 10.6 Å². The molecule has 3 N–H and O–H groups in total. The minimum absolute atomic E-state index is 0.0198. The summed E-state index contributed by atoms with van der Waals surface area (Å²) in [5, 5.41) is 15.4. The second-order valence-corrected chi connectivity index (χ2v) is 11.0. The molecule has 2 aromatic rings. The molecule has 1 heterocycles. The maximum Gasteiger partial charge on any atom is 0.326 e. The van der Waals surface area contributed by atoms with Gasteiger partial charge in [0.15, 0.2) is 0 Å². The topological polar surface area (TPSA) is 116 Å². The van der Waals surface area contributed by atoms with E-state index >= 15 is 0 Å². The van der Waals surface area contributed by atoms with Crippen LogP contribution in [0.2, 0.25) is 10.0 Å². The Morgan fingerprint density at radius 2 is 1.71 bits per heavy atom. The molecule has 1 saturated heterocycles. The predicted molar refractivity (Wildman–Crippen MR) is 137 cm³/mol. The Hall–Kier alpha value is -2.75. The Balaban J connectivity index is 1.69. The van der Waals surface area contributed by atoms with Crippen LogP contribution in [-0.4, -0.2) is 56.4 Å². The van der Waals surface area contributed by atoms with Crippen LogP contribution in [0.4, 0.5) is 5.69 Å². The zero-order valence-electron chi connectivity index (χ0n) is 19.3. The number of hydrogen-bond acceptors (Lipinski definition) is 5. The van der Waals surface area contributed by atoms with Crippen LogP contribution in [0.5, 0.6) is 0 Å². The molecule has 0 spiro atoms. The number of amides is 3. The molecule has 1 aliphatic rings. The van der Waals surface area contributed by atoms with Crippen molar-refractivity contribution in [2.45, 2.75) is 44.0 Å². The standard InChI is InChI=1S/C24H25Cl2N3O5S/c1-13(30)29-12-35-24(2,3)20(29)22(32)28-18(23(33)34)11-14-7-9-15(10-8-14)27-21(31)19-16(25)5-4-6-17(19)26/h4-10,18,20H,11-12H2,1-3H3,(H,27,31)(H,28,32)(H,33,34)/t18-,20-/m0/s1. The fourth-order valence-corrected chi connectivity index (χ4v) is 5.58. The summed E-state index contributed by atoms with van der Waals surface area (Å²) in [6.45, 7) is 5.09. The highest BCUT2D eigenvalue weighted by Gasteiger charge is 2.47. The van der Waals surface area contributed by atoms with Crippen molar-refractivity contribution in [1.29, 1.82) is 0 Å². The number of benzene rings is 2. The van der Waals surface area contributed by atoms with Gasteiger partial charge in [0, 0.05) is 23.8 Å². The molecular formula is C24H25Cl2N3O5S. The Bertz CT molecular complexity index is 1140. The minimum atomic E-state index is -1.19. The number of carboxylic acid groups (broad SMARTS) is 1. The summed E-state index contributed by atoms with van der Waals surface area (Å²) in [6.07, 6.45) is 0.0198. The maximum absolute atomic E-state index is 13.0. The predicted octanol–water partition coefficient (Wildman–Crippen LogP) is 4.06. The van der Waals surface area contributed by atoms with Crippen molar-refractivity contribution < 1.29 is 24.3 Å². The van der Waals surface area contributed by atoms with E-state index in [4.69, 9.17) is 23.2 Å². The third-order valence-corrected chi connectivity index (χ3v) is 7.66. The Morgan fingerprint density at radius 3 is 2.26 bits per heavy atom. The second-order valence-electron chi connectivity index (χ2n) is 8.62. The number of aliphatic carboxylic acids is 1. The summed E-state index contributed by atoms with van der Waals surface area (Å²) in [5.74, 6) is -2.06. The van der Waals surface area contributed by atoms with Gasteiger partial charge in [-0.1, -0.05) is 41.4 Å². The first-order chi connectivity index (χ1) is 16.4. The third kappa shape index (κ3) is 6.28. The van der Waals surface area contributed by atoms with E-state index in [0.717, 1.165) is 0 Å². The fraction of sp³-hybridized carbons (Fsp3) is 0.333. The highest BCUT2D eigenvalue weighted by Crippen LogP contribution is 2.39. The van der Waals surface area contributed by atoms with Gasteiger partial charge in [0.05, 0.1) is 21.5 Å². The fourth-order valence-electron chi connectivity index (χ4n) is 3.81. The first kappa shape index (κ1) is 26.8. The molecule has 8 nitrogen and oxygen atoms in total. The van der Waals surface area contributed by atoms with Crippen molar-refractivity contribution in [3.8, 4) is 0 Å². The van der Waals surface area contributed by atoms with Gasteiger partial charge in [-0.15, -0.1) is 11.8 Å². The lowest BCUT2D eigenvalue weighted by molar-refractivity contribution is -0.144. The molecule has 1 fully saturated rings. The monoisotopic (exact) mass is 537 g/mol. The number of thioether (sulfide) groups is 1. The average molecular weight is 538 g/mol. The van der Waals surface area contributed by atoms with E-state index in [2.05, 4.69) is 10.6 Å². The van der Waals surface area contributed by atoms with E-state index < -0.39 is 34.6 Å². The van der Waals surface area contributed by atoms with Gasteiger partial charge < -0.3 is 20.6 Å². The number of carbonyl (C=O) groups excluding carboxylic acids is 3. The van der Waals surface area contributed by atoms with E-state index in [1.54, 1.807) is 42.5 Å². The second kappa shape index (κ2) is 10.9. The summed E-state index contributed by atoms with van der Waals surface area (Å²) in [6, 6.07) is 9.34. The van der Waals surface area contributed by atoms with Crippen LogP contribution in [0.15, 0.2) is 42.5 Å². The van der Waals surface area contributed by atoms with E-state index in [0.29, 0.717) is 17.1 Å². The lowest BCUT2D eigenvalue weighted by Gasteiger charge is -2.30. The smallest absolute Gasteiger partial charge is 0.326 e. The molecule has 3 amide bonds. The molecule has 0 unspecified atom stereocenters. The highest BCUT2D eigenvalue weighted by molar-refractivity contribution is 8.00. The van der Waals surface area contributed by atoms with Gasteiger partial charge in [-0.25, -0.2) is 4.79 Å². The lowest BCUT2D eigenvalue weighted by Crippen LogP contribution is -2.56. The van der Waals surface area contributed by atoms with E-state index in [1.807, 2.05) is 13.8 Å². The molecule has 2 atom stereocenters. The van der Waals surface area contributed by atoms with Crippen LogP contribution >= 0.6 is 35.0 Å². The number of rotatable bonds is 7. The molecule has 0 bridgehead atoms. The number of anilines is 1. The van der Waals surface area contributed by atoms with E-state index in [9.17, 15) is 24.3 Å². The Morgan fingerprint density at radius 1 is 1.11 bits per heavy atom. The van der Waals surface area contributed by atoms with Crippen LogP contribution in [0.25, 0.3) is 0 Å². The van der Waals surface area contributed by atoms with E-state index in [1.165, 1.54) is 23.6 Å². The molecule has 0 saturated carbocycles. The largest absolute Gasteiger partial charge is 0.480 e. The molecule has 35 heavy (non-hydrogen) atoms. The number of halogens is 2. The summed E-state index contributed by atoms with van der Waals surface area (Å²) in [4.78, 5) is 50.8. The van der Waals surface area contributed by atoms with Crippen LogP contribution in [0, 0.1) is 0 Å². The van der Waals surface area contributed by atoms with Crippen molar-refractivity contribution in [2.24, 2.45) is 0 Å². The molecule has 11 heteroatoms. The van der Waals surface area contributed by atoms with Crippen molar-refractivity contribution in [2.75, 3.05) is 11.2 Å². The third-order valence-electron chi connectivity index (χ3n) is 5.65. The number of nitrogens with one attached hydrogen (secondary N) is 2. The van der Waals surface area contributed by atoms with Gasteiger partial charge in [-0.05, 0) is 43.7 Å². The van der Waals surface area contributed by atoms with Gasteiger partial charge in [0.1, 0.15) is 12.1 Å². The summed E-state index contributed by atoms with van der Waals surface area (Å²) < 4.78 is -0.552. The van der Waals surface area contributed by atoms with Crippen molar-refractivity contribution >= 4 is 64.3 Å². The number of carbonyl (C=O) groups is 4. The first-order valence-corrected chi connectivity index (χ1v) is 12.4. The average Bonchev–Trinajstić information content (AvgIpc) is 3.09. The minimum Gasteiger partial charge on any atom is -0.480 e. The first-order valence-electron chi connectivity index (χ1n) is 10.7.